The Morgan fingerprint density at radius 1 is 0.880 bits per heavy atom. The van der Waals surface area contributed by atoms with Gasteiger partial charge in [-0.3, -0.25) is 24.1 Å². The number of nitrogens with zero attached hydrogens (tertiary/aromatic N) is 1. The van der Waals surface area contributed by atoms with Crippen LogP contribution in [0.2, 0.25) is 0 Å². The molecule has 0 saturated carbocycles. The minimum atomic E-state index is -0.982. The molecule has 1 fully saturated rings. The summed E-state index contributed by atoms with van der Waals surface area (Å²) < 4.78 is 4.99. The van der Waals surface area contributed by atoms with Gasteiger partial charge in [0.05, 0.1) is 19.2 Å². The van der Waals surface area contributed by atoms with E-state index in [0.29, 0.717) is 16.7 Å². The lowest BCUT2D eigenvalue weighted by atomic mass is 9.85. The van der Waals surface area contributed by atoms with Gasteiger partial charge in [-0.1, -0.05) is 102 Å². The first-order valence-electron chi connectivity index (χ1n) is 17.7. The maximum absolute atomic E-state index is 13.8. The van der Waals surface area contributed by atoms with Gasteiger partial charge in [-0.2, -0.15) is 0 Å². The van der Waals surface area contributed by atoms with Crippen molar-refractivity contribution in [3.8, 4) is 0 Å². The van der Waals surface area contributed by atoms with Gasteiger partial charge in [0.25, 0.3) is 0 Å². The third kappa shape index (κ3) is 11.1. The Balaban J connectivity index is 1.72. The van der Waals surface area contributed by atoms with Gasteiger partial charge in [0.1, 0.15) is 12.1 Å². The third-order valence-electron chi connectivity index (χ3n) is 9.22. The fourth-order valence-electron chi connectivity index (χ4n) is 6.15. The highest BCUT2D eigenvalue weighted by Crippen LogP contribution is 2.24. The van der Waals surface area contributed by atoms with Crippen molar-refractivity contribution in [2.75, 3.05) is 13.7 Å². The molecule has 0 aromatic heterocycles. The van der Waals surface area contributed by atoms with Gasteiger partial charge < -0.3 is 20.7 Å². The normalized spacial score (nSPS) is 17.4. The zero-order valence-electron chi connectivity index (χ0n) is 31.2. The van der Waals surface area contributed by atoms with Crippen molar-refractivity contribution in [1.29, 1.82) is 0 Å². The molecular formula is C40H56N4O6. The highest BCUT2D eigenvalue weighted by atomic mass is 16.5. The number of rotatable bonds is 14. The van der Waals surface area contributed by atoms with Gasteiger partial charge >= 0.3 is 5.97 Å². The van der Waals surface area contributed by atoms with Crippen LogP contribution in [0, 0.1) is 11.3 Å². The number of carbonyl (C=O) groups is 5. The van der Waals surface area contributed by atoms with Crippen LogP contribution < -0.4 is 16.0 Å². The molecular weight excluding hydrogens is 632 g/mol. The SMILES string of the molecule is COC(=O)[C@H](Cc1ccc(C(=O)c2ccccc2)cc1)NC(=O)C(C)=C[C@@H](NC(=O)[C@@H](NC(=O)C1CCCCN1C(C)C)C(C)(C)C)C(C)C. The summed E-state index contributed by atoms with van der Waals surface area (Å²) in [5.74, 6) is -1.76. The van der Waals surface area contributed by atoms with E-state index in [2.05, 4.69) is 34.7 Å². The summed E-state index contributed by atoms with van der Waals surface area (Å²) in [6, 6.07) is 13.5. The zero-order chi connectivity index (χ0) is 37.2. The number of piperidine rings is 1. The topological polar surface area (TPSA) is 134 Å². The molecule has 272 valence electrons. The summed E-state index contributed by atoms with van der Waals surface area (Å²) in [5.41, 5.74) is 1.57. The Bertz CT molecular complexity index is 1510. The van der Waals surface area contributed by atoms with Gasteiger partial charge in [0, 0.05) is 29.2 Å². The van der Waals surface area contributed by atoms with Gasteiger partial charge in [-0.05, 0) is 57.1 Å². The van der Waals surface area contributed by atoms with Gasteiger partial charge in [0.2, 0.25) is 17.7 Å². The molecule has 50 heavy (non-hydrogen) atoms. The molecule has 0 aliphatic carbocycles. The van der Waals surface area contributed by atoms with E-state index in [9.17, 15) is 24.0 Å². The summed E-state index contributed by atoms with van der Waals surface area (Å²) in [7, 11) is 1.26. The molecule has 1 aliphatic rings. The molecule has 1 saturated heterocycles. The maximum atomic E-state index is 13.8. The van der Waals surface area contributed by atoms with Gasteiger partial charge in [0.15, 0.2) is 5.78 Å². The summed E-state index contributed by atoms with van der Waals surface area (Å²) in [5, 5.41) is 8.89. The summed E-state index contributed by atoms with van der Waals surface area (Å²) in [6.07, 6.45) is 4.59. The molecule has 1 heterocycles. The largest absolute Gasteiger partial charge is 0.467 e. The predicted molar refractivity (Wildman–Crippen MR) is 195 cm³/mol. The lowest BCUT2D eigenvalue weighted by molar-refractivity contribution is -0.144. The maximum Gasteiger partial charge on any atom is 0.328 e. The van der Waals surface area contributed by atoms with Crippen molar-refractivity contribution in [2.45, 2.75) is 111 Å². The van der Waals surface area contributed by atoms with Gasteiger partial charge in [-0.25, -0.2) is 4.79 Å². The lowest BCUT2D eigenvalue weighted by Crippen LogP contribution is -2.60. The standard InChI is InChI=1S/C40H56N4O6/c1-25(2)31(41-38(48)35(40(6,7)8)43-37(47)33-17-13-14-22-44(33)26(3)4)23-27(5)36(46)42-32(39(49)50-9)24-28-18-20-30(21-19-28)34(45)29-15-11-10-12-16-29/h10-12,15-16,18-21,23,25-26,31-33,35H,13-14,17,22,24H2,1-9H3,(H,41,48)(H,42,46)(H,43,47)/t31-,32+,33?,35-/m1/s1. The van der Waals surface area contributed by atoms with Crippen LogP contribution in [-0.4, -0.2) is 78.2 Å². The first kappa shape index (κ1) is 40.1. The monoisotopic (exact) mass is 688 g/mol. The minimum absolute atomic E-state index is 0.0821. The van der Waals surface area contributed by atoms with Crippen molar-refractivity contribution >= 4 is 29.5 Å². The number of hydrogen-bond donors (Lipinski definition) is 3. The summed E-state index contributed by atoms with van der Waals surface area (Å²) in [6.45, 7) is 16.3. The van der Waals surface area contributed by atoms with Crippen LogP contribution in [0.4, 0.5) is 0 Å². The molecule has 2 aromatic carbocycles. The highest BCUT2D eigenvalue weighted by Gasteiger charge is 2.38. The number of nitrogens with one attached hydrogen (secondary N) is 3. The van der Waals surface area contributed by atoms with Crippen LogP contribution in [0.25, 0.3) is 0 Å². The zero-order valence-corrected chi connectivity index (χ0v) is 31.2. The second-order valence-corrected chi connectivity index (χ2v) is 14.9. The van der Waals surface area contributed by atoms with Crippen molar-refractivity contribution in [3.05, 3.63) is 82.9 Å². The molecule has 0 radical (unpaired) electrons. The predicted octanol–water partition coefficient (Wildman–Crippen LogP) is 5.00. The van der Waals surface area contributed by atoms with Crippen LogP contribution in [-0.2, 0) is 30.3 Å². The van der Waals surface area contributed by atoms with E-state index in [-0.39, 0.29) is 42.0 Å². The van der Waals surface area contributed by atoms with Crippen molar-refractivity contribution in [3.63, 3.8) is 0 Å². The van der Waals surface area contributed by atoms with Gasteiger partial charge in [-0.15, -0.1) is 0 Å². The van der Waals surface area contributed by atoms with E-state index >= 15 is 0 Å². The molecule has 1 unspecified atom stereocenters. The third-order valence-corrected chi connectivity index (χ3v) is 9.22. The van der Waals surface area contributed by atoms with E-state index in [1.807, 2.05) is 40.7 Å². The molecule has 0 bridgehead atoms. The molecule has 3 N–H and O–H groups in total. The number of carbonyl (C=O) groups excluding carboxylic acids is 5. The van der Waals surface area contributed by atoms with Crippen molar-refractivity contribution < 1.29 is 28.7 Å². The van der Waals surface area contributed by atoms with E-state index < -0.39 is 35.4 Å². The number of ketones is 1. The van der Waals surface area contributed by atoms with Crippen LogP contribution in [0.3, 0.4) is 0 Å². The van der Waals surface area contributed by atoms with Crippen molar-refractivity contribution in [1.82, 2.24) is 20.9 Å². The first-order valence-corrected chi connectivity index (χ1v) is 17.7. The van der Waals surface area contributed by atoms with E-state index in [1.165, 1.54) is 7.11 Å². The van der Waals surface area contributed by atoms with E-state index in [4.69, 9.17) is 4.74 Å². The second-order valence-electron chi connectivity index (χ2n) is 14.9. The Morgan fingerprint density at radius 2 is 1.50 bits per heavy atom. The Kier molecular flexibility index (Phi) is 14.5. The number of ether oxygens (including phenoxy) is 1. The Morgan fingerprint density at radius 3 is 2.06 bits per heavy atom. The second kappa shape index (κ2) is 18.1. The lowest BCUT2D eigenvalue weighted by Gasteiger charge is -2.39. The number of methoxy groups -OCH3 is 1. The highest BCUT2D eigenvalue weighted by molar-refractivity contribution is 6.09. The van der Waals surface area contributed by atoms with E-state index in [0.717, 1.165) is 31.4 Å². The average molecular weight is 689 g/mol. The molecule has 1 aliphatic heterocycles. The smallest absolute Gasteiger partial charge is 0.328 e. The average Bonchev–Trinajstić information content (AvgIpc) is 3.09. The summed E-state index contributed by atoms with van der Waals surface area (Å²) >= 11 is 0. The molecule has 10 nitrogen and oxygen atoms in total. The Hall–Kier alpha value is -4.31. The van der Waals surface area contributed by atoms with Crippen LogP contribution in [0.5, 0.6) is 0 Å². The molecule has 4 atom stereocenters. The van der Waals surface area contributed by atoms with Crippen LogP contribution in [0.1, 0.15) is 96.1 Å². The fraction of sp³-hybridized carbons (Fsp3) is 0.525. The van der Waals surface area contributed by atoms with E-state index in [1.54, 1.807) is 61.5 Å². The molecule has 3 rings (SSSR count). The summed E-state index contributed by atoms with van der Waals surface area (Å²) in [4.78, 5) is 68.5. The Labute approximate surface area is 297 Å². The quantitative estimate of drug-likeness (QED) is 0.145. The molecule has 10 heteroatoms. The number of amides is 3. The fourth-order valence-corrected chi connectivity index (χ4v) is 6.15. The minimum Gasteiger partial charge on any atom is -0.467 e. The number of likely N-dealkylation sites (tertiary alicyclic amines) is 1. The van der Waals surface area contributed by atoms with Crippen molar-refractivity contribution in [2.24, 2.45) is 11.3 Å². The molecule has 0 spiro atoms. The molecule has 2 aromatic rings. The first-order chi connectivity index (χ1) is 23.5. The van der Waals surface area contributed by atoms with Crippen LogP contribution >= 0.6 is 0 Å². The van der Waals surface area contributed by atoms with Crippen LogP contribution in [0.15, 0.2) is 66.2 Å². The number of benzene rings is 2. The number of hydrogen-bond acceptors (Lipinski definition) is 7. The number of esters is 1. The molecule has 3 amide bonds.